The maximum Gasteiger partial charge on any atom is 0.246 e. The number of carbonyl (C=O) groups is 3. The molecule has 5 N–H and O–H groups in total. The molecule has 60 heavy (non-hydrogen) atoms. The van der Waals surface area contributed by atoms with Crippen molar-refractivity contribution < 1.29 is 23.9 Å². The third-order valence-corrected chi connectivity index (χ3v) is 12.4. The van der Waals surface area contributed by atoms with Crippen molar-refractivity contribution in [3.05, 3.63) is 95.4 Å². The van der Waals surface area contributed by atoms with Crippen LogP contribution in [-0.2, 0) is 14.4 Å². The van der Waals surface area contributed by atoms with Crippen molar-refractivity contribution in [2.24, 2.45) is 5.41 Å². The standard InChI is InChI=1S/C45H52FN9O4S/c1-27(29-12-14-30(15-13-29)40-28(2)48-26-60-40)49-43(58)37-10-8-18-55(37)44(59)41(45(3,4)5)50-39(57)25-53-19-21-54(22-20-53)31-16-17-32(35(46)23-31)34-24-36(51-52-42(34)47)33-9-6-7-11-38(33)56/h6-7,9,11-17,23-24,26-27,37,41,56H,8,10,18-22,25H2,1-5H3,(H2,47,52)(H,49,58)(H,50,57). The largest absolute Gasteiger partial charge is 0.507 e. The number of amides is 3. The quantitative estimate of drug-likeness (QED) is 0.120. The van der Waals surface area contributed by atoms with Crippen molar-refractivity contribution in [1.82, 2.24) is 35.6 Å². The van der Waals surface area contributed by atoms with Gasteiger partial charge in [-0.2, -0.15) is 0 Å². The van der Waals surface area contributed by atoms with Crippen LogP contribution in [0.3, 0.4) is 0 Å². The lowest BCUT2D eigenvalue weighted by atomic mass is 9.85. The number of para-hydroxylation sites is 1. The molecule has 13 nitrogen and oxygen atoms in total. The first-order valence-corrected chi connectivity index (χ1v) is 21.2. The molecule has 2 saturated heterocycles. The van der Waals surface area contributed by atoms with E-state index in [1.165, 1.54) is 6.07 Å². The molecule has 3 unspecified atom stereocenters. The fraction of sp³-hybridized carbons (Fsp3) is 0.378. The molecular formula is C45H52FN9O4S. The molecule has 3 aromatic carbocycles. The van der Waals surface area contributed by atoms with E-state index in [-0.39, 0.29) is 47.4 Å². The molecule has 3 atom stereocenters. The number of hydrogen-bond acceptors (Lipinski definition) is 11. The van der Waals surface area contributed by atoms with E-state index >= 15 is 4.39 Å². The summed E-state index contributed by atoms with van der Waals surface area (Å²) < 4.78 is 15.7. The lowest BCUT2D eigenvalue weighted by molar-refractivity contribution is -0.144. The van der Waals surface area contributed by atoms with E-state index in [0.717, 1.165) is 21.7 Å². The molecular weight excluding hydrogens is 782 g/mol. The fourth-order valence-electron chi connectivity index (χ4n) is 7.94. The van der Waals surface area contributed by atoms with Gasteiger partial charge >= 0.3 is 0 Å². The van der Waals surface area contributed by atoms with Crippen LogP contribution >= 0.6 is 11.3 Å². The van der Waals surface area contributed by atoms with Gasteiger partial charge in [0, 0.05) is 55.1 Å². The number of thiazole rings is 1. The first-order chi connectivity index (χ1) is 28.7. The Morgan fingerprint density at radius 1 is 0.933 bits per heavy atom. The van der Waals surface area contributed by atoms with Gasteiger partial charge in [0.1, 0.15) is 23.7 Å². The van der Waals surface area contributed by atoms with Crippen LogP contribution in [0.25, 0.3) is 32.8 Å². The van der Waals surface area contributed by atoms with Crippen LogP contribution in [-0.4, -0.2) is 99.2 Å². The van der Waals surface area contributed by atoms with Gasteiger partial charge in [-0.15, -0.1) is 21.5 Å². The SMILES string of the molecule is Cc1ncsc1-c1ccc(C(C)NC(=O)C2CCCN2C(=O)C(NC(=O)CN2CCN(c3ccc(-c4cc(-c5ccccc5O)nnc4N)c(F)c3)CC2)C(C)(C)C)cc1. The smallest absolute Gasteiger partial charge is 0.246 e. The molecule has 0 radical (unpaired) electrons. The lowest BCUT2D eigenvalue weighted by Crippen LogP contribution is -2.59. The number of nitrogen functional groups attached to an aromatic ring is 1. The molecule has 314 valence electrons. The van der Waals surface area contributed by atoms with E-state index in [9.17, 15) is 19.5 Å². The fourth-order valence-corrected chi connectivity index (χ4v) is 8.76. The van der Waals surface area contributed by atoms with Gasteiger partial charge in [0.2, 0.25) is 17.7 Å². The summed E-state index contributed by atoms with van der Waals surface area (Å²) in [6.45, 7) is 12.4. The molecule has 0 bridgehead atoms. The van der Waals surface area contributed by atoms with Gasteiger partial charge in [-0.25, -0.2) is 9.37 Å². The number of carbonyl (C=O) groups excluding carboxylic acids is 3. The summed E-state index contributed by atoms with van der Waals surface area (Å²) in [5, 5.41) is 24.6. The normalized spacial score (nSPS) is 17.0. The van der Waals surface area contributed by atoms with E-state index in [1.54, 1.807) is 52.6 Å². The summed E-state index contributed by atoms with van der Waals surface area (Å²) in [5.41, 5.74) is 12.5. The molecule has 0 saturated carbocycles. The number of anilines is 2. The van der Waals surface area contributed by atoms with Crippen molar-refractivity contribution in [3.8, 4) is 38.6 Å². The Hall–Kier alpha value is -5.93. The van der Waals surface area contributed by atoms with Gasteiger partial charge in [0.25, 0.3) is 0 Å². The van der Waals surface area contributed by atoms with Crippen LogP contribution in [0, 0.1) is 18.2 Å². The number of rotatable bonds is 11. The van der Waals surface area contributed by atoms with Crippen LogP contribution in [0.5, 0.6) is 5.75 Å². The number of phenols is 1. The summed E-state index contributed by atoms with van der Waals surface area (Å²) in [6.07, 6.45) is 1.24. The minimum atomic E-state index is -0.833. The van der Waals surface area contributed by atoms with Gasteiger partial charge < -0.3 is 31.3 Å². The number of nitrogens with two attached hydrogens (primary N) is 1. The van der Waals surface area contributed by atoms with Crippen molar-refractivity contribution in [2.75, 3.05) is 49.9 Å². The summed E-state index contributed by atoms with van der Waals surface area (Å²) >= 11 is 1.59. The Morgan fingerprint density at radius 2 is 1.67 bits per heavy atom. The molecule has 2 aliphatic heterocycles. The molecule has 0 aliphatic carbocycles. The monoisotopic (exact) mass is 833 g/mol. The van der Waals surface area contributed by atoms with E-state index in [1.807, 2.05) is 75.4 Å². The van der Waals surface area contributed by atoms with Crippen LogP contribution in [0.1, 0.15) is 57.8 Å². The molecule has 4 heterocycles. The third-order valence-electron chi connectivity index (χ3n) is 11.4. The van der Waals surface area contributed by atoms with Gasteiger partial charge in [-0.05, 0) is 79.6 Å². The Labute approximate surface area is 353 Å². The molecule has 2 aromatic heterocycles. The number of benzene rings is 3. The second-order valence-electron chi connectivity index (χ2n) is 16.6. The van der Waals surface area contributed by atoms with Gasteiger partial charge in [0.05, 0.1) is 34.4 Å². The molecule has 2 aliphatic rings. The Balaban J connectivity index is 0.932. The molecule has 15 heteroatoms. The third kappa shape index (κ3) is 9.27. The van der Waals surface area contributed by atoms with Crippen LogP contribution < -0.4 is 21.3 Å². The minimum Gasteiger partial charge on any atom is -0.507 e. The second-order valence-corrected chi connectivity index (χ2v) is 17.5. The Morgan fingerprint density at radius 3 is 2.33 bits per heavy atom. The number of piperazine rings is 1. The molecule has 5 aromatic rings. The van der Waals surface area contributed by atoms with Crippen molar-refractivity contribution in [3.63, 3.8) is 0 Å². The minimum absolute atomic E-state index is 0.0291. The Kier molecular flexibility index (Phi) is 12.5. The first-order valence-electron chi connectivity index (χ1n) is 20.3. The van der Waals surface area contributed by atoms with E-state index in [2.05, 4.69) is 30.7 Å². The summed E-state index contributed by atoms with van der Waals surface area (Å²) in [6, 6.07) is 19.6. The highest BCUT2D eigenvalue weighted by Gasteiger charge is 2.42. The highest BCUT2D eigenvalue weighted by Crippen LogP contribution is 2.35. The number of likely N-dealkylation sites (tertiary alicyclic amines) is 1. The van der Waals surface area contributed by atoms with Crippen LogP contribution in [0.4, 0.5) is 15.9 Å². The zero-order valence-electron chi connectivity index (χ0n) is 34.6. The van der Waals surface area contributed by atoms with E-state index < -0.39 is 23.3 Å². The second kappa shape index (κ2) is 17.7. The highest BCUT2D eigenvalue weighted by molar-refractivity contribution is 7.13. The van der Waals surface area contributed by atoms with Crippen LogP contribution in [0.15, 0.2) is 78.3 Å². The zero-order valence-corrected chi connectivity index (χ0v) is 35.4. The first kappa shape index (κ1) is 42.2. The number of nitrogens with zero attached hydrogens (tertiary/aromatic N) is 6. The molecule has 2 fully saturated rings. The number of hydrogen-bond donors (Lipinski definition) is 4. The van der Waals surface area contributed by atoms with Crippen molar-refractivity contribution in [1.29, 1.82) is 0 Å². The topological polar surface area (TPSA) is 170 Å². The number of aromatic nitrogens is 3. The van der Waals surface area contributed by atoms with Crippen molar-refractivity contribution >= 4 is 40.6 Å². The summed E-state index contributed by atoms with van der Waals surface area (Å²) in [5.74, 6) is -1.13. The number of nitrogens with one attached hydrogen (secondary N) is 2. The van der Waals surface area contributed by atoms with Crippen molar-refractivity contribution in [2.45, 2.75) is 65.6 Å². The van der Waals surface area contributed by atoms with Gasteiger partial charge in [-0.3, -0.25) is 19.3 Å². The van der Waals surface area contributed by atoms with E-state index in [4.69, 9.17) is 5.73 Å². The number of halogens is 1. The molecule has 3 amide bonds. The number of phenolic OH excluding ortho intramolecular Hbond substituents is 1. The number of aryl methyl sites for hydroxylation is 1. The van der Waals surface area contributed by atoms with Crippen LogP contribution in [0.2, 0.25) is 0 Å². The average Bonchev–Trinajstić information content (AvgIpc) is 3.90. The van der Waals surface area contributed by atoms with Gasteiger partial charge in [-0.1, -0.05) is 57.2 Å². The maximum absolute atomic E-state index is 15.7. The molecule has 0 spiro atoms. The summed E-state index contributed by atoms with van der Waals surface area (Å²) in [4.78, 5) is 52.6. The maximum atomic E-state index is 15.7. The van der Waals surface area contributed by atoms with E-state index in [0.29, 0.717) is 68.1 Å². The highest BCUT2D eigenvalue weighted by atomic mass is 32.1. The summed E-state index contributed by atoms with van der Waals surface area (Å²) in [7, 11) is 0. The Bertz CT molecular complexity index is 2360. The lowest BCUT2D eigenvalue weighted by Gasteiger charge is -2.38. The molecule has 7 rings (SSSR count). The predicted molar refractivity (Wildman–Crippen MR) is 233 cm³/mol. The average molecular weight is 834 g/mol. The zero-order chi connectivity index (χ0) is 42.7. The predicted octanol–water partition coefficient (Wildman–Crippen LogP) is 6.19. The van der Waals surface area contributed by atoms with Gasteiger partial charge in [0.15, 0.2) is 5.82 Å². The number of aromatic hydroxyl groups is 1.